The summed E-state index contributed by atoms with van der Waals surface area (Å²) < 4.78 is 13.2. The highest BCUT2D eigenvalue weighted by molar-refractivity contribution is 6.08. The molecular formula is C42H47N11O8. The Morgan fingerprint density at radius 1 is 0.902 bits per heavy atom. The Hall–Kier alpha value is -6.70. The van der Waals surface area contributed by atoms with E-state index >= 15 is 0 Å². The van der Waals surface area contributed by atoms with Crippen LogP contribution in [0.15, 0.2) is 70.0 Å². The van der Waals surface area contributed by atoms with Gasteiger partial charge in [-0.25, -0.2) is 9.48 Å². The molecule has 6 N–H and O–H groups in total. The Morgan fingerprint density at radius 3 is 2.36 bits per heavy atom. The second-order valence-corrected chi connectivity index (χ2v) is 15.2. The molecule has 318 valence electrons. The predicted molar refractivity (Wildman–Crippen MR) is 225 cm³/mol. The number of aromatic carboxylic acids is 1. The number of phenols is 1. The number of ether oxygens (including phenoxy) is 1. The van der Waals surface area contributed by atoms with E-state index in [9.17, 15) is 29.7 Å². The number of hydrogen-bond donors (Lipinski definition) is 5. The molecule has 61 heavy (non-hydrogen) atoms. The van der Waals surface area contributed by atoms with Crippen LogP contribution in [-0.2, 0) is 16.0 Å². The number of amides is 1. The number of nitrogens with zero attached hydrogens (tertiary/aromatic N) is 9. The molecule has 2 atom stereocenters. The number of nitrogens with one attached hydrogen (secondary N) is 1. The molecule has 0 saturated carbocycles. The summed E-state index contributed by atoms with van der Waals surface area (Å²) in [5.41, 5.74) is 8.18. The Labute approximate surface area is 349 Å². The first-order valence-electron chi connectivity index (χ1n) is 20.3. The lowest BCUT2D eigenvalue weighted by Gasteiger charge is -2.36. The number of hydrogen-bond acceptors (Lipinski definition) is 16. The van der Waals surface area contributed by atoms with E-state index in [-0.39, 0.29) is 39.9 Å². The minimum absolute atomic E-state index is 0.0343. The molecule has 19 nitrogen and oxygen atoms in total. The summed E-state index contributed by atoms with van der Waals surface area (Å²) in [5, 5.41) is 42.8. The molecule has 0 spiro atoms. The van der Waals surface area contributed by atoms with Gasteiger partial charge in [-0.15, -0.1) is 5.10 Å². The van der Waals surface area contributed by atoms with Crippen molar-refractivity contribution in [1.82, 2.24) is 34.8 Å². The summed E-state index contributed by atoms with van der Waals surface area (Å²) in [7, 11) is 0. The van der Waals surface area contributed by atoms with E-state index < -0.39 is 18.1 Å². The normalized spacial score (nSPS) is 15.6. The van der Waals surface area contributed by atoms with Crippen molar-refractivity contribution in [2.24, 2.45) is 5.73 Å². The number of rotatable bonds is 14. The fraction of sp³-hybridized carbons (Fsp3) is 0.381. The van der Waals surface area contributed by atoms with Gasteiger partial charge in [-0.05, 0) is 74.7 Å². The van der Waals surface area contributed by atoms with Crippen LogP contribution in [0.25, 0.3) is 33.4 Å². The van der Waals surface area contributed by atoms with Gasteiger partial charge in [0.15, 0.2) is 5.43 Å². The van der Waals surface area contributed by atoms with Gasteiger partial charge in [-0.2, -0.15) is 15.0 Å². The van der Waals surface area contributed by atoms with E-state index in [1.54, 1.807) is 42.1 Å². The van der Waals surface area contributed by atoms with Crippen molar-refractivity contribution in [2.75, 3.05) is 74.1 Å². The third kappa shape index (κ3) is 9.08. The highest BCUT2D eigenvalue weighted by atomic mass is 16.5. The highest BCUT2D eigenvalue weighted by Crippen LogP contribution is 2.42. The van der Waals surface area contributed by atoms with Crippen molar-refractivity contribution >= 4 is 46.4 Å². The average molecular weight is 834 g/mol. The number of phenolic OH excluding ortho intramolecular Hbond substituents is 1. The van der Waals surface area contributed by atoms with Crippen molar-refractivity contribution in [2.45, 2.75) is 44.8 Å². The number of aromatic nitrogens is 6. The van der Waals surface area contributed by atoms with Crippen LogP contribution in [0.4, 0.5) is 23.5 Å². The lowest BCUT2D eigenvalue weighted by molar-refractivity contribution is -0.135. The summed E-state index contributed by atoms with van der Waals surface area (Å²) in [4.78, 5) is 59.5. The molecule has 1 unspecified atom stereocenters. The third-order valence-corrected chi connectivity index (χ3v) is 10.8. The van der Waals surface area contributed by atoms with Crippen LogP contribution < -0.4 is 26.3 Å². The van der Waals surface area contributed by atoms with Crippen LogP contribution in [0.2, 0.25) is 0 Å². The van der Waals surface area contributed by atoms with Crippen LogP contribution in [0.5, 0.6) is 5.75 Å². The van der Waals surface area contributed by atoms with E-state index in [4.69, 9.17) is 29.8 Å². The predicted octanol–water partition coefficient (Wildman–Crippen LogP) is 3.27. The van der Waals surface area contributed by atoms with E-state index in [0.29, 0.717) is 117 Å². The SMILES string of the molecule is CC(O)Cc1cn([C@@H](CCCCN)C(=O)N2CCN(c3nc(Nc4ccc(-c5c6ccc(=O)cc-6oc6cc(O)ccc56)c(C(=O)O)c4)nc(N4CCOCC4)n3)CC2)nn1. The first-order chi connectivity index (χ1) is 29.5. The van der Waals surface area contributed by atoms with Crippen molar-refractivity contribution < 1.29 is 34.1 Å². The Bertz CT molecular complexity index is 2560. The van der Waals surface area contributed by atoms with Crippen molar-refractivity contribution in [3.05, 3.63) is 82.3 Å². The molecule has 3 aliphatic heterocycles. The number of carboxylic acids is 1. The molecule has 2 aromatic carbocycles. The monoisotopic (exact) mass is 833 g/mol. The maximum absolute atomic E-state index is 14.0. The molecule has 5 heterocycles. The summed E-state index contributed by atoms with van der Waals surface area (Å²) in [6, 6.07) is 13.2. The van der Waals surface area contributed by atoms with Crippen LogP contribution in [0.1, 0.15) is 48.3 Å². The number of nitrogens with two attached hydrogens (primary N) is 1. The first kappa shape index (κ1) is 41.1. The number of unbranched alkanes of at least 4 members (excludes halogenated alkanes) is 1. The van der Waals surface area contributed by atoms with Crippen molar-refractivity contribution in [1.29, 1.82) is 0 Å². The second-order valence-electron chi connectivity index (χ2n) is 15.2. The molecule has 0 bridgehead atoms. The number of benzene rings is 3. The number of anilines is 4. The summed E-state index contributed by atoms with van der Waals surface area (Å²) in [6.07, 6.45) is 3.53. The lowest BCUT2D eigenvalue weighted by atomic mass is 9.90. The number of fused-ring (bicyclic) bond motifs is 2. The molecule has 19 heteroatoms. The molecule has 8 rings (SSSR count). The second kappa shape index (κ2) is 17.9. The zero-order valence-electron chi connectivity index (χ0n) is 33.6. The Balaban J connectivity index is 1.07. The molecule has 1 aliphatic carbocycles. The highest BCUT2D eigenvalue weighted by Gasteiger charge is 2.31. The number of piperazine rings is 1. The smallest absolute Gasteiger partial charge is 0.336 e. The third-order valence-electron chi connectivity index (χ3n) is 10.8. The van der Waals surface area contributed by atoms with Crippen LogP contribution in [0.3, 0.4) is 0 Å². The average Bonchev–Trinajstić information content (AvgIpc) is 3.71. The lowest BCUT2D eigenvalue weighted by Crippen LogP contribution is -2.51. The van der Waals surface area contributed by atoms with E-state index in [1.165, 1.54) is 30.3 Å². The zero-order chi connectivity index (χ0) is 42.6. The van der Waals surface area contributed by atoms with Crippen LogP contribution in [0, 0.1) is 0 Å². The fourth-order valence-corrected chi connectivity index (χ4v) is 7.80. The quantitative estimate of drug-likeness (QED) is 0.0780. The van der Waals surface area contributed by atoms with Crippen LogP contribution in [-0.4, -0.2) is 127 Å². The molecule has 1 amide bonds. The number of carbonyl (C=O) groups is 2. The van der Waals surface area contributed by atoms with Gasteiger partial charge in [0.1, 0.15) is 23.1 Å². The summed E-state index contributed by atoms with van der Waals surface area (Å²) in [6.45, 7) is 5.99. The van der Waals surface area contributed by atoms with Gasteiger partial charge in [0.05, 0.1) is 30.6 Å². The maximum atomic E-state index is 14.0. The fourth-order valence-electron chi connectivity index (χ4n) is 7.80. The van der Waals surface area contributed by atoms with E-state index in [1.807, 2.05) is 14.7 Å². The molecule has 2 aromatic heterocycles. The summed E-state index contributed by atoms with van der Waals surface area (Å²) in [5.74, 6) is -0.0469. The van der Waals surface area contributed by atoms with Gasteiger partial charge in [0.2, 0.25) is 23.8 Å². The number of carbonyl (C=O) groups excluding carboxylic acids is 1. The molecule has 2 fully saturated rings. The van der Waals surface area contributed by atoms with Crippen LogP contribution >= 0.6 is 0 Å². The molecule has 0 radical (unpaired) electrons. The standard InChI is InChI=1S/C42H47N11O8/c1-25(54)20-27-24-53(49-48-27)34(4-2-3-11-43)38(57)50-12-14-51(15-13-50)41-45-40(46-42(47-41)52-16-18-60-19-17-52)44-26-5-8-30(33(21-26)39(58)59)37-31-9-6-28(55)22-35(31)61-36-23-29(56)7-10-32(36)37/h5-10,21-25,34,54-55H,2-4,11-20,43H2,1H3,(H,58,59)(H,44,45,46,47)/t25?,34-/m0/s1. The number of aliphatic hydroxyl groups excluding tert-OH is 1. The number of carboxylic acid groups (broad SMARTS) is 1. The summed E-state index contributed by atoms with van der Waals surface area (Å²) >= 11 is 0. The minimum atomic E-state index is -1.19. The van der Waals surface area contributed by atoms with Gasteiger partial charge in [-0.1, -0.05) is 11.3 Å². The van der Waals surface area contributed by atoms with Crippen molar-refractivity contribution in [3.8, 4) is 28.2 Å². The topological polar surface area (TPSA) is 251 Å². The Morgan fingerprint density at radius 2 is 1.64 bits per heavy atom. The van der Waals surface area contributed by atoms with E-state index in [2.05, 4.69) is 15.6 Å². The first-order valence-corrected chi connectivity index (χ1v) is 20.3. The van der Waals surface area contributed by atoms with Gasteiger partial charge in [-0.3, -0.25) is 9.59 Å². The number of morpholine rings is 1. The largest absolute Gasteiger partial charge is 0.508 e. The molecule has 4 aliphatic rings. The molecule has 4 aromatic rings. The number of aliphatic hydroxyl groups is 1. The zero-order valence-corrected chi connectivity index (χ0v) is 33.6. The molecular weight excluding hydrogens is 787 g/mol. The molecule has 2 saturated heterocycles. The van der Waals surface area contributed by atoms with Gasteiger partial charge in [0, 0.05) is 86.2 Å². The number of aromatic hydroxyl groups is 1. The van der Waals surface area contributed by atoms with E-state index in [0.717, 1.165) is 12.8 Å². The van der Waals surface area contributed by atoms with Gasteiger partial charge in [0.25, 0.3) is 0 Å². The van der Waals surface area contributed by atoms with Crippen molar-refractivity contribution in [3.63, 3.8) is 0 Å². The van der Waals surface area contributed by atoms with Gasteiger partial charge < -0.3 is 50.2 Å². The van der Waals surface area contributed by atoms with Gasteiger partial charge >= 0.3 is 5.97 Å². The maximum Gasteiger partial charge on any atom is 0.336 e. The Kier molecular flexibility index (Phi) is 12.0. The minimum Gasteiger partial charge on any atom is -0.508 e.